The molecule has 2 heterocycles. The van der Waals surface area contributed by atoms with E-state index in [0.717, 1.165) is 5.92 Å². The molecule has 1 aliphatic carbocycles. The van der Waals surface area contributed by atoms with Crippen LogP contribution >= 0.6 is 0 Å². The Morgan fingerprint density at radius 3 is 2.50 bits per heavy atom. The summed E-state index contributed by atoms with van der Waals surface area (Å²) in [7, 11) is 0. The van der Waals surface area contributed by atoms with E-state index in [0.29, 0.717) is 11.9 Å². The third-order valence-corrected chi connectivity index (χ3v) is 4.55. The smallest absolute Gasteiger partial charge is 0.145 e. The second kappa shape index (κ2) is 5.31. The molecular formula is C14H24N4. The van der Waals surface area contributed by atoms with E-state index < -0.39 is 0 Å². The molecule has 0 bridgehead atoms. The summed E-state index contributed by atoms with van der Waals surface area (Å²) < 4.78 is 2.06. The maximum atomic E-state index is 5.68. The lowest BCUT2D eigenvalue weighted by Crippen LogP contribution is -2.37. The van der Waals surface area contributed by atoms with E-state index in [1.54, 1.807) is 0 Å². The van der Waals surface area contributed by atoms with Crippen molar-refractivity contribution in [2.75, 3.05) is 25.4 Å². The van der Waals surface area contributed by atoms with Crippen LogP contribution in [0, 0.1) is 5.92 Å². The number of nitrogens with zero attached hydrogens (tertiary/aromatic N) is 3. The van der Waals surface area contributed by atoms with Gasteiger partial charge in [0.05, 0.1) is 6.04 Å². The molecule has 4 nitrogen and oxygen atoms in total. The monoisotopic (exact) mass is 248 g/mol. The van der Waals surface area contributed by atoms with Crippen LogP contribution in [0.2, 0.25) is 0 Å². The highest BCUT2D eigenvalue weighted by Gasteiger charge is 2.24. The fourth-order valence-electron chi connectivity index (χ4n) is 3.48. The molecule has 0 aromatic carbocycles. The summed E-state index contributed by atoms with van der Waals surface area (Å²) >= 11 is 0. The predicted octanol–water partition coefficient (Wildman–Crippen LogP) is 2.29. The van der Waals surface area contributed by atoms with Crippen LogP contribution in [0.1, 0.15) is 44.6 Å². The van der Waals surface area contributed by atoms with Crippen LogP contribution in [0.5, 0.6) is 0 Å². The number of aromatic nitrogens is 2. The van der Waals surface area contributed by atoms with E-state index in [1.807, 2.05) is 12.3 Å². The lowest BCUT2D eigenvalue weighted by Gasteiger charge is -2.33. The summed E-state index contributed by atoms with van der Waals surface area (Å²) in [6.45, 7) is 3.77. The van der Waals surface area contributed by atoms with Crippen LogP contribution in [-0.4, -0.2) is 34.3 Å². The van der Waals surface area contributed by atoms with E-state index in [4.69, 9.17) is 5.73 Å². The Morgan fingerprint density at radius 1 is 1.17 bits per heavy atom. The molecule has 18 heavy (non-hydrogen) atoms. The van der Waals surface area contributed by atoms with Crippen molar-refractivity contribution in [2.24, 2.45) is 5.92 Å². The predicted molar refractivity (Wildman–Crippen MR) is 73.3 cm³/mol. The van der Waals surface area contributed by atoms with Crippen molar-refractivity contribution in [2.45, 2.75) is 44.6 Å². The standard InChI is InChI=1S/C14H24N4/c15-14-7-10-18(16-14)13-5-8-17(9-6-13)11-12-3-1-2-4-12/h7,10,12-13H,1-6,8-9,11H2,(H2,15,16). The molecule has 0 atom stereocenters. The fraction of sp³-hybridized carbons (Fsp3) is 0.786. The number of nitrogen functional groups attached to an aromatic ring is 1. The minimum Gasteiger partial charge on any atom is -0.382 e. The molecular weight excluding hydrogens is 224 g/mol. The number of likely N-dealkylation sites (tertiary alicyclic amines) is 1. The molecule has 0 radical (unpaired) electrons. The summed E-state index contributed by atoms with van der Waals surface area (Å²) in [5.74, 6) is 1.62. The molecule has 100 valence electrons. The summed E-state index contributed by atoms with van der Waals surface area (Å²) in [4.78, 5) is 2.65. The van der Waals surface area contributed by atoms with Gasteiger partial charge in [-0.2, -0.15) is 5.10 Å². The molecule has 1 aromatic rings. The minimum absolute atomic E-state index is 0.558. The highest BCUT2D eigenvalue weighted by molar-refractivity contribution is 5.24. The Labute approximate surface area is 109 Å². The second-order valence-electron chi connectivity index (χ2n) is 5.90. The van der Waals surface area contributed by atoms with Crippen molar-refractivity contribution in [1.82, 2.24) is 14.7 Å². The Hall–Kier alpha value is -1.03. The number of hydrogen-bond donors (Lipinski definition) is 1. The zero-order chi connectivity index (χ0) is 12.4. The third kappa shape index (κ3) is 2.69. The number of nitrogens with two attached hydrogens (primary N) is 1. The van der Waals surface area contributed by atoms with E-state index >= 15 is 0 Å². The lowest BCUT2D eigenvalue weighted by molar-refractivity contribution is 0.158. The molecule has 0 spiro atoms. The SMILES string of the molecule is Nc1ccn(C2CCN(CC3CCCC3)CC2)n1. The molecule has 0 unspecified atom stereocenters. The normalized spacial score (nSPS) is 23.8. The number of rotatable bonds is 3. The molecule has 2 aliphatic rings. The van der Waals surface area contributed by atoms with Crippen LogP contribution in [0.15, 0.2) is 12.3 Å². The first kappa shape index (κ1) is 12.0. The molecule has 4 heteroatoms. The number of hydrogen-bond acceptors (Lipinski definition) is 3. The summed E-state index contributed by atoms with van der Waals surface area (Å²) in [5.41, 5.74) is 5.68. The Balaban J connectivity index is 1.48. The lowest BCUT2D eigenvalue weighted by atomic mass is 10.0. The van der Waals surface area contributed by atoms with Gasteiger partial charge in [-0.3, -0.25) is 4.68 Å². The van der Waals surface area contributed by atoms with Crippen LogP contribution in [0.3, 0.4) is 0 Å². The first-order valence-electron chi connectivity index (χ1n) is 7.34. The number of anilines is 1. The maximum Gasteiger partial charge on any atom is 0.145 e. The maximum absolute atomic E-state index is 5.68. The van der Waals surface area contributed by atoms with Gasteiger partial charge in [-0.05, 0) is 37.7 Å². The van der Waals surface area contributed by atoms with Crippen LogP contribution in [0.25, 0.3) is 0 Å². The van der Waals surface area contributed by atoms with Crippen molar-refractivity contribution in [3.05, 3.63) is 12.3 Å². The van der Waals surface area contributed by atoms with E-state index in [9.17, 15) is 0 Å². The second-order valence-corrected chi connectivity index (χ2v) is 5.90. The summed E-state index contributed by atoms with van der Waals surface area (Å²) in [5, 5.41) is 4.34. The Morgan fingerprint density at radius 2 is 1.89 bits per heavy atom. The highest BCUT2D eigenvalue weighted by Crippen LogP contribution is 2.28. The molecule has 0 amide bonds. The summed E-state index contributed by atoms with van der Waals surface area (Å²) in [6.07, 6.45) is 10.3. The topological polar surface area (TPSA) is 47.1 Å². The molecule has 1 saturated carbocycles. The zero-order valence-corrected chi connectivity index (χ0v) is 11.1. The zero-order valence-electron chi connectivity index (χ0n) is 11.1. The third-order valence-electron chi connectivity index (χ3n) is 4.55. The van der Waals surface area contributed by atoms with Gasteiger partial charge in [-0.1, -0.05) is 12.8 Å². The van der Waals surface area contributed by atoms with Gasteiger partial charge in [-0.25, -0.2) is 0 Å². The number of piperidine rings is 1. The van der Waals surface area contributed by atoms with Crippen molar-refractivity contribution >= 4 is 5.82 Å². The van der Waals surface area contributed by atoms with Crippen molar-refractivity contribution in [3.63, 3.8) is 0 Å². The Kier molecular flexibility index (Phi) is 3.55. The molecule has 1 saturated heterocycles. The van der Waals surface area contributed by atoms with Crippen molar-refractivity contribution in [3.8, 4) is 0 Å². The van der Waals surface area contributed by atoms with Crippen LogP contribution in [0.4, 0.5) is 5.82 Å². The highest BCUT2D eigenvalue weighted by atomic mass is 15.3. The van der Waals surface area contributed by atoms with Gasteiger partial charge in [0.2, 0.25) is 0 Å². The largest absolute Gasteiger partial charge is 0.382 e. The average molecular weight is 248 g/mol. The Bertz CT molecular complexity index is 373. The fourth-order valence-corrected chi connectivity index (χ4v) is 3.48. The van der Waals surface area contributed by atoms with Crippen LogP contribution in [-0.2, 0) is 0 Å². The quantitative estimate of drug-likeness (QED) is 0.892. The van der Waals surface area contributed by atoms with Crippen molar-refractivity contribution in [1.29, 1.82) is 0 Å². The van der Waals surface area contributed by atoms with Gasteiger partial charge in [0.25, 0.3) is 0 Å². The van der Waals surface area contributed by atoms with E-state index in [-0.39, 0.29) is 0 Å². The molecule has 1 aromatic heterocycles. The van der Waals surface area contributed by atoms with Gasteiger partial charge in [0, 0.05) is 25.8 Å². The first-order chi connectivity index (χ1) is 8.81. The van der Waals surface area contributed by atoms with Crippen LogP contribution < -0.4 is 5.73 Å². The molecule has 1 aliphatic heterocycles. The van der Waals surface area contributed by atoms with Gasteiger partial charge in [-0.15, -0.1) is 0 Å². The van der Waals surface area contributed by atoms with Gasteiger partial charge < -0.3 is 10.6 Å². The summed E-state index contributed by atoms with van der Waals surface area (Å²) in [6, 6.07) is 2.45. The molecule has 2 N–H and O–H groups in total. The first-order valence-corrected chi connectivity index (χ1v) is 7.34. The van der Waals surface area contributed by atoms with Gasteiger partial charge >= 0.3 is 0 Å². The van der Waals surface area contributed by atoms with Gasteiger partial charge in [0.1, 0.15) is 5.82 Å². The van der Waals surface area contributed by atoms with Gasteiger partial charge in [0.15, 0.2) is 0 Å². The van der Waals surface area contributed by atoms with Crippen molar-refractivity contribution < 1.29 is 0 Å². The molecule has 3 rings (SSSR count). The van der Waals surface area contributed by atoms with E-state index in [2.05, 4.69) is 14.7 Å². The van der Waals surface area contributed by atoms with E-state index in [1.165, 1.54) is 58.2 Å². The minimum atomic E-state index is 0.558. The average Bonchev–Trinajstić information content (AvgIpc) is 3.02. The molecule has 2 fully saturated rings.